The zero-order chi connectivity index (χ0) is 33.1. The average molecular weight is 641 g/mol. The van der Waals surface area contributed by atoms with Gasteiger partial charge in [0.15, 0.2) is 11.2 Å². The Balaban J connectivity index is 1.42. The lowest BCUT2D eigenvalue weighted by molar-refractivity contribution is -0.443. The Hall–Kier alpha value is -3.03. The number of furan rings is 1. The van der Waals surface area contributed by atoms with E-state index >= 15 is 0 Å². The molecular formula is C34H40O12. The largest absolute Gasteiger partial charge is 0.472 e. The van der Waals surface area contributed by atoms with Gasteiger partial charge in [-0.3, -0.25) is 4.79 Å². The Kier molecular flexibility index (Phi) is 5.61. The highest BCUT2D eigenvalue weighted by molar-refractivity contribution is 5.88. The Morgan fingerprint density at radius 3 is 2.52 bits per heavy atom. The molecule has 1 spiro atoms. The van der Waals surface area contributed by atoms with Gasteiger partial charge in [-0.05, 0) is 50.7 Å². The third-order valence-electron chi connectivity index (χ3n) is 13.4. The van der Waals surface area contributed by atoms with Crippen LogP contribution in [0.15, 0.2) is 46.3 Å². The van der Waals surface area contributed by atoms with Gasteiger partial charge in [0.25, 0.3) is 5.97 Å². The van der Waals surface area contributed by atoms with Gasteiger partial charge in [0.2, 0.25) is 0 Å². The minimum absolute atomic E-state index is 0.0186. The van der Waals surface area contributed by atoms with Crippen LogP contribution in [0.4, 0.5) is 0 Å². The summed E-state index contributed by atoms with van der Waals surface area (Å²) >= 11 is 0. The first kappa shape index (κ1) is 30.3. The van der Waals surface area contributed by atoms with Crippen molar-refractivity contribution in [3.63, 3.8) is 0 Å². The summed E-state index contributed by atoms with van der Waals surface area (Å²) in [5, 5.41) is 26.5. The van der Waals surface area contributed by atoms with E-state index in [1.54, 1.807) is 32.9 Å². The topological polar surface area (TPSA) is 160 Å². The number of carbonyl (C=O) groups excluding carboxylic acids is 3. The van der Waals surface area contributed by atoms with Gasteiger partial charge in [-0.15, -0.1) is 0 Å². The standard InChI is InChI=1S/C34H40O12/c1-8-17(2)24(37)43-25-28(4)16-31(38)29(5,19(28)13-21(35)40-7)32-11-10-27(3)20(14-22(36)42-23(27)18-9-12-41-15-18)34(32)26(33(25,31)39)44-30(6,45-32)46-34/h8-9,12,14-15,19,23,25-26,38-39H,10-11,13,16H2,1-7H3/t19-,23-,25-,26+,27+,28+,29+,30-,31+,32-,33-,34+/m0/s1. The summed E-state index contributed by atoms with van der Waals surface area (Å²) in [5.41, 5.74) is -9.27. The van der Waals surface area contributed by atoms with E-state index in [2.05, 4.69) is 0 Å². The molecule has 3 aliphatic heterocycles. The monoisotopic (exact) mass is 640 g/mol. The predicted octanol–water partition coefficient (Wildman–Crippen LogP) is 3.16. The zero-order valence-electron chi connectivity index (χ0n) is 27.0. The van der Waals surface area contributed by atoms with Gasteiger partial charge in [0, 0.05) is 46.8 Å². The molecule has 12 heteroatoms. The number of allylic oxidation sites excluding steroid dienone is 1. The van der Waals surface area contributed by atoms with E-state index in [1.165, 1.54) is 25.7 Å². The van der Waals surface area contributed by atoms with Crippen molar-refractivity contribution in [2.24, 2.45) is 22.2 Å². The van der Waals surface area contributed by atoms with Gasteiger partial charge >= 0.3 is 17.9 Å². The van der Waals surface area contributed by atoms with Gasteiger partial charge in [0.05, 0.1) is 19.6 Å². The molecule has 248 valence electrons. The molecule has 4 heterocycles. The van der Waals surface area contributed by atoms with E-state index in [-0.39, 0.29) is 12.8 Å². The van der Waals surface area contributed by atoms with Crippen molar-refractivity contribution < 1.29 is 57.4 Å². The number of hydrogen-bond donors (Lipinski definition) is 2. The van der Waals surface area contributed by atoms with E-state index in [0.29, 0.717) is 29.6 Å². The van der Waals surface area contributed by atoms with Crippen LogP contribution in [-0.4, -0.2) is 75.8 Å². The minimum atomic E-state index is -2.26. The third-order valence-corrected chi connectivity index (χ3v) is 13.4. The first-order chi connectivity index (χ1) is 21.5. The van der Waals surface area contributed by atoms with Crippen LogP contribution >= 0.6 is 0 Å². The van der Waals surface area contributed by atoms with Crippen LogP contribution in [0.3, 0.4) is 0 Å². The quantitative estimate of drug-likeness (QED) is 0.275. The molecule has 6 fully saturated rings. The molecule has 1 aromatic rings. The fourth-order valence-electron chi connectivity index (χ4n) is 11.6. The summed E-state index contributed by atoms with van der Waals surface area (Å²) in [5.74, 6) is -4.26. The number of cyclic esters (lactones) is 1. The summed E-state index contributed by atoms with van der Waals surface area (Å²) in [4.78, 5) is 40.1. The number of rotatable bonds is 5. The number of hydrogen-bond acceptors (Lipinski definition) is 12. The number of carbonyl (C=O) groups is 3. The highest BCUT2D eigenvalue weighted by atomic mass is 16.9. The fraction of sp³-hybridized carbons (Fsp3) is 0.676. The van der Waals surface area contributed by atoms with Crippen LogP contribution < -0.4 is 0 Å². The highest BCUT2D eigenvalue weighted by Crippen LogP contribution is 2.87. The molecule has 0 aromatic carbocycles. The first-order valence-electron chi connectivity index (χ1n) is 15.9. The van der Waals surface area contributed by atoms with E-state index in [9.17, 15) is 24.6 Å². The third kappa shape index (κ3) is 2.83. The molecule has 1 aromatic heterocycles. The number of esters is 3. The minimum Gasteiger partial charge on any atom is -0.472 e. The van der Waals surface area contributed by atoms with Crippen LogP contribution in [0.1, 0.15) is 78.9 Å². The van der Waals surface area contributed by atoms with Crippen molar-refractivity contribution in [2.75, 3.05) is 7.11 Å². The van der Waals surface area contributed by atoms with Crippen LogP contribution in [0.2, 0.25) is 0 Å². The molecule has 0 amide bonds. The maximum Gasteiger partial charge on any atom is 0.333 e. The molecule has 8 rings (SSSR count). The Morgan fingerprint density at radius 2 is 1.87 bits per heavy atom. The predicted molar refractivity (Wildman–Crippen MR) is 154 cm³/mol. The van der Waals surface area contributed by atoms with Gasteiger partial charge in [0.1, 0.15) is 29.5 Å². The van der Waals surface area contributed by atoms with Gasteiger partial charge in [-0.1, -0.05) is 26.8 Å². The second-order valence-corrected chi connectivity index (χ2v) is 15.1. The van der Waals surface area contributed by atoms with Gasteiger partial charge in [-0.2, -0.15) is 0 Å². The average Bonchev–Trinajstić information content (AvgIpc) is 3.78. The number of ether oxygens (including phenoxy) is 6. The number of fused-ring (bicyclic) bond motifs is 4. The zero-order valence-corrected chi connectivity index (χ0v) is 27.0. The van der Waals surface area contributed by atoms with Crippen LogP contribution in [0.5, 0.6) is 0 Å². The van der Waals surface area contributed by atoms with E-state index in [1.807, 2.05) is 20.8 Å². The van der Waals surface area contributed by atoms with Gasteiger partial charge in [-0.25, -0.2) is 9.59 Å². The molecule has 4 aliphatic carbocycles. The van der Waals surface area contributed by atoms with E-state index in [0.717, 1.165) is 0 Å². The maximum atomic E-state index is 13.5. The molecule has 2 saturated heterocycles. The molecular weight excluding hydrogens is 600 g/mol. The summed E-state index contributed by atoms with van der Waals surface area (Å²) in [6, 6.07) is 1.74. The number of methoxy groups -OCH3 is 1. The first-order valence-corrected chi connectivity index (χ1v) is 15.9. The molecule has 4 saturated carbocycles. The molecule has 4 bridgehead atoms. The van der Waals surface area contributed by atoms with Crippen LogP contribution in [0.25, 0.3) is 0 Å². The smallest absolute Gasteiger partial charge is 0.333 e. The van der Waals surface area contributed by atoms with Crippen molar-refractivity contribution in [2.45, 2.75) is 114 Å². The normalized spacial score (nSPS) is 52.5. The Morgan fingerprint density at radius 1 is 1.13 bits per heavy atom. The lowest BCUT2D eigenvalue weighted by atomic mass is 9.35. The molecule has 7 aliphatic rings. The fourth-order valence-corrected chi connectivity index (χ4v) is 11.6. The lowest BCUT2D eigenvalue weighted by Crippen LogP contribution is -2.92. The highest BCUT2D eigenvalue weighted by Gasteiger charge is 3.01. The van der Waals surface area contributed by atoms with Crippen molar-refractivity contribution in [1.29, 1.82) is 0 Å². The maximum absolute atomic E-state index is 13.5. The molecule has 46 heavy (non-hydrogen) atoms. The molecule has 2 N–H and O–H groups in total. The number of aliphatic hydroxyl groups is 2. The van der Waals surface area contributed by atoms with Crippen molar-refractivity contribution >= 4 is 17.9 Å². The summed E-state index contributed by atoms with van der Waals surface area (Å²) in [6.45, 7) is 10.5. The molecule has 12 atom stereocenters. The summed E-state index contributed by atoms with van der Waals surface area (Å²) in [6.07, 6.45) is 3.14. The van der Waals surface area contributed by atoms with Gasteiger partial charge < -0.3 is 43.1 Å². The van der Waals surface area contributed by atoms with E-state index < -0.39 is 86.8 Å². The van der Waals surface area contributed by atoms with Crippen LogP contribution in [0, 0.1) is 22.2 Å². The van der Waals surface area contributed by atoms with Crippen molar-refractivity contribution in [1.82, 2.24) is 0 Å². The SMILES string of the molecule is CC=C(C)C(=O)O[C@H]1[C@]2(C)C[C@]3(O)[C@@]1(O)[C@H]1O[C@@]4(C)O[C@@]5(CC[C@]6(C)C(=CC(=O)O[C@H]6c6ccoc6)[C@@]15O4)[C@]3(C)[C@H]2CC(=O)OC. The second-order valence-electron chi connectivity index (χ2n) is 15.1. The summed E-state index contributed by atoms with van der Waals surface area (Å²) < 4.78 is 43.0. The van der Waals surface area contributed by atoms with Crippen molar-refractivity contribution in [3.8, 4) is 0 Å². The second kappa shape index (κ2) is 8.51. The molecule has 0 radical (unpaired) electrons. The Bertz CT molecular complexity index is 1650. The van der Waals surface area contributed by atoms with Crippen molar-refractivity contribution in [3.05, 3.63) is 47.5 Å². The van der Waals surface area contributed by atoms with E-state index in [4.69, 9.17) is 32.8 Å². The lowest BCUT2D eigenvalue weighted by Gasteiger charge is -2.75. The molecule has 0 unspecified atom stereocenters. The summed E-state index contributed by atoms with van der Waals surface area (Å²) in [7, 11) is 1.29. The Labute approximate surface area is 266 Å². The molecule has 12 nitrogen and oxygen atoms in total. The van der Waals surface area contributed by atoms with Crippen LogP contribution in [-0.2, 0) is 42.8 Å².